The van der Waals surface area contributed by atoms with Crippen LogP contribution in [0.1, 0.15) is 12.0 Å². The third-order valence-electron chi connectivity index (χ3n) is 2.16. The van der Waals surface area contributed by atoms with E-state index >= 15 is 0 Å². The Bertz CT molecular complexity index is 329. The first-order valence-electron chi connectivity index (χ1n) is 4.83. The van der Waals surface area contributed by atoms with Crippen LogP contribution in [0.25, 0.3) is 0 Å². The summed E-state index contributed by atoms with van der Waals surface area (Å²) in [5, 5.41) is 0. The molecule has 2 N–H and O–H groups in total. The van der Waals surface area contributed by atoms with Crippen LogP contribution in [0.4, 0.5) is 0 Å². The Morgan fingerprint density at radius 1 is 1.27 bits per heavy atom. The average molecular weight is 306 g/mol. The predicted octanol–water partition coefficient (Wildman–Crippen LogP) is 3.78. The summed E-state index contributed by atoms with van der Waals surface area (Å²) in [4.78, 5) is 2.68. The van der Waals surface area contributed by atoms with Crippen molar-refractivity contribution in [3.05, 3.63) is 22.2 Å². The van der Waals surface area contributed by atoms with Gasteiger partial charge in [0.25, 0.3) is 0 Å². The van der Waals surface area contributed by atoms with Crippen molar-refractivity contribution in [2.45, 2.75) is 22.6 Å². The van der Waals surface area contributed by atoms with E-state index in [4.69, 9.17) is 5.73 Å². The Morgan fingerprint density at radius 3 is 2.53 bits per heavy atom. The van der Waals surface area contributed by atoms with Crippen LogP contribution in [-0.2, 0) is 6.42 Å². The molecule has 0 fully saturated rings. The van der Waals surface area contributed by atoms with Gasteiger partial charge in [-0.1, -0.05) is 0 Å². The minimum atomic E-state index is 0.760. The van der Waals surface area contributed by atoms with Gasteiger partial charge in [-0.15, -0.1) is 23.5 Å². The fourth-order valence-corrected chi connectivity index (χ4v) is 4.12. The summed E-state index contributed by atoms with van der Waals surface area (Å²) in [5.74, 6) is 0. The summed E-state index contributed by atoms with van der Waals surface area (Å²) in [6, 6.07) is 4.48. The second-order valence-corrected chi connectivity index (χ2v) is 5.72. The molecule has 0 saturated carbocycles. The van der Waals surface area contributed by atoms with Crippen LogP contribution in [0.5, 0.6) is 0 Å². The van der Waals surface area contributed by atoms with Crippen LogP contribution in [0.15, 0.2) is 26.4 Å². The number of nitrogens with two attached hydrogens (primary N) is 1. The van der Waals surface area contributed by atoms with Crippen molar-refractivity contribution in [3.63, 3.8) is 0 Å². The first-order chi connectivity index (χ1) is 7.22. The highest BCUT2D eigenvalue weighted by Gasteiger charge is 2.07. The van der Waals surface area contributed by atoms with E-state index in [2.05, 4.69) is 40.6 Å². The lowest BCUT2D eigenvalue weighted by molar-refractivity contribution is 0.828. The maximum Gasteiger partial charge on any atom is 0.0348 e. The van der Waals surface area contributed by atoms with Gasteiger partial charge in [0.2, 0.25) is 0 Å². The van der Waals surface area contributed by atoms with Gasteiger partial charge in [-0.05, 0) is 65.5 Å². The summed E-state index contributed by atoms with van der Waals surface area (Å²) >= 11 is 7.21. The van der Waals surface area contributed by atoms with Crippen molar-refractivity contribution in [3.8, 4) is 0 Å². The monoisotopic (exact) mass is 305 g/mol. The summed E-state index contributed by atoms with van der Waals surface area (Å²) in [7, 11) is 0. The molecule has 0 aromatic heterocycles. The summed E-state index contributed by atoms with van der Waals surface area (Å²) in [5.41, 5.74) is 6.89. The number of thioether (sulfide) groups is 2. The Labute approximate surface area is 109 Å². The number of rotatable bonds is 5. The number of halogens is 1. The van der Waals surface area contributed by atoms with E-state index in [1.165, 1.54) is 19.8 Å². The average Bonchev–Trinajstić information content (AvgIpc) is 2.25. The van der Waals surface area contributed by atoms with Gasteiger partial charge in [-0.3, -0.25) is 0 Å². The molecule has 1 aromatic carbocycles. The van der Waals surface area contributed by atoms with Crippen molar-refractivity contribution in [2.75, 3.05) is 19.1 Å². The zero-order valence-corrected chi connectivity index (χ0v) is 12.3. The van der Waals surface area contributed by atoms with E-state index < -0.39 is 0 Å². The zero-order valence-electron chi connectivity index (χ0n) is 9.05. The van der Waals surface area contributed by atoms with Crippen LogP contribution in [0.3, 0.4) is 0 Å². The molecule has 0 spiro atoms. The molecule has 15 heavy (non-hydrogen) atoms. The van der Waals surface area contributed by atoms with Crippen LogP contribution in [-0.4, -0.2) is 19.1 Å². The molecular formula is C11H16BrNS2. The Kier molecular flexibility index (Phi) is 6.12. The molecule has 0 saturated heterocycles. The second-order valence-electron chi connectivity index (χ2n) is 3.21. The highest BCUT2D eigenvalue weighted by molar-refractivity contribution is 9.10. The SMILES string of the molecule is CSc1cc(CCCN)cc(Br)c1SC. The standard InChI is InChI=1S/C11H16BrNS2/c1-14-10-7-8(4-3-5-13)6-9(12)11(10)15-2/h6-7H,3-5,13H2,1-2H3. The van der Waals surface area contributed by atoms with Gasteiger partial charge in [-0.2, -0.15) is 0 Å². The highest BCUT2D eigenvalue weighted by Crippen LogP contribution is 2.36. The van der Waals surface area contributed by atoms with Crippen molar-refractivity contribution in [1.29, 1.82) is 0 Å². The fraction of sp³-hybridized carbons (Fsp3) is 0.455. The Morgan fingerprint density at radius 2 is 2.00 bits per heavy atom. The van der Waals surface area contributed by atoms with Gasteiger partial charge >= 0.3 is 0 Å². The molecule has 0 aliphatic rings. The smallest absolute Gasteiger partial charge is 0.0348 e. The van der Waals surface area contributed by atoms with E-state index in [-0.39, 0.29) is 0 Å². The molecule has 0 aliphatic heterocycles. The first kappa shape index (κ1) is 13.4. The molecule has 84 valence electrons. The summed E-state index contributed by atoms with van der Waals surface area (Å²) in [6.07, 6.45) is 6.35. The van der Waals surface area contributed by atoms with E-state index in [9.17, 15) is 0 Å². The number of hydrogen-bond donors (Lipinski definition) is 1. The van der Waals surface area contributed by atoms with Gasteiger partial charge < -0.3 is 5.73 Å². The normalized spacial score (nSPS) is 10.7. The predicted molar refractivity (Wildman–Crippen MR) is 75.1 cm³/mol. The number of benzene rings is 1. The maximum absolute atomic E-state index is 5.52. The van der Waals surface area contributed by atoms with Gasteiger partial charge in [0.15, 0.2) is 0 Å². The third kappa shape index (κ3) is 3.70. The molecule has 1 nitrogen and oxygen atoms in total. The maximum atomic E-state index is 5.52. The van der Waals surface area contributed by atoms with Crippen molar-refractivity contribution >= 4 is 39.5 Å². The molecule has 0 bridgehead atoms. The summed E-state index contributed by atoms with van der Waals surface area (Å²) < 4.78 is 1.20. The molecule has 0 amide bonds. The Balaban J connectivity index is 2.97. The topological polar surface area (TPSA) is 26.0 Å². The van der Waals surface area contributed by atoms with Gasteiger partial charge in [0.1, 0.15) is 0 Å². The molecular weight excluding hydrogens is 290 g/mol. The van der Waals surface area contributed by atoms with Crippen LogP contribution < -0.4 is 5.73 Å². The molecule has 0 heterocycles. The quantitative estimate of drug-likeness (QED) is 0.838. The van der Waals surface area contributed by atoms with Crippen LogP contribution in [0.2, 0.25) is 0 Å². The minimum absolute atomic E-state index is 0.760. The van der Waals surface area contributed by atoms with Crippen molar-refractivity contribution in [2.24, 2.45) is 5.73 Å². The lowest BCUT2D eigenvalue weighted by atomic mass is 10.1. The summed E-state index contributed by atoms with van der Waals surface area (Å²) in [6.45, 7) is 0.760. The van der Waals surface area contributed by atoms with Gasteiger partial charge in [0.05, 0.1) is 0 Å². The molecule has 0 unspecified atom stereocenters. The zero-order chi connectivity index (χ0) is 11.3. The molecule has 1 aromatic rings. The van der Waals surface area contributed by atoms with E-state index in [1.54, 1.807) is 23.5 Å². The number of hydrogen-bond acceptors (Lipinski definition) is 3. The minimum Gasteiger partial charge on any atom is -0.330 e. The van der Waals surface area contributed by atoms with E-state index in [1.807, 2.05) is 0 Å². The fourth-order valence-electron chi connectivity index (χ4n) is 1.42. The second kappa shape index (κ2) is 6.84. The van der Waals surface area contributed by atoms with Gasteiger partial charge in [-0.25, -0.2) is 0 Å². The molecule has 0 aliphatic carbocycles. The highest BCUT2D eigenvalue weighted by atomic mass is 79.9. The van der Waals surface area contributed by atoms with Crippen molar-refractivity contribution in [1.82, 2.24) is 0 Å². The lowest BCUT2D eigenvalue weighted by Crippen LogP contribution is -2.00. The molecule has 0 radical (unpaired) electrons. The molecule has 1 rings (SSSR count). The van der Waals surface area contributed by atoms with Crippen LogP contribution in [0, 0.1) is 0 Å². The lowest BCUT2D eigenvalue weighted by Gasteiger charge is -2.10. The third-order valence-corrected chi connectivity index (χ3v) is 4.79. The van der Waals surface area contributed by atoms with E-state index in [0.29, 0.717) is 0 Å². The van der Waals surface area contributed by atoms with E-state index in [0.717, 1.165) is 19.4 Å². The first-order valence-corrected chi connectivity index (χ1v) is 8.07. The molecule has 4 heteroatoms. The Hall–Kier alpha value is 0.360. The van der Waals surface area contributed by atoms with Gasteiger partial charge in [0, 0.05) is 14.3 Å². The number of aryl methyl sites for hydroxylation is 1. The molecule has 0 atom stereocenters. The van der Waals surface area contributed by atoms with Crippen molar-refractivity contribution < 1.29 is 0 Å². The van der Waals surface area contributed by atoms with Crippen LogP contribution >= 0.6 is 39.5 Å². The largest absolute Gasteiger partial charge is 0.330 e.